The number of carbonyl (C=O) groups is 2. The fourth-order valence-electron chi connectivity index (χ4n) is 5.61. The number of ether oxygens (including phenoxy) is 3. The van der Waals surface area contributed by atoms with Gasteiger partial charge in [-0.25, -0.2) is 0 Å². The summed E-state index contributed by atoms with van der Waals surface area (Å²) in [7, 11) is 1.66. The number of hydrogen-bond acceptors (Lipinski definition) is 6. The lowest BCUT2D eigenvalue weighted by atomic mass is 9.70. The van der Waals surface area contributed by atoms with Gasteiger partial charge in [-0.05, 0) is 51.2 Å². The Morgan fingerprint density at radius 2 is 2.15 bits per heavy atom. The minimum atomic E-state index is -0.461. The molecule has 1 aromatic rings. The van der Waals surface area contributed by atoms with Crippen LogP contribution in [0.4, 0.5) is 0 Å². The third-order valence-corrected chi connectivity index (χ3v) is 7.94. The van der Waals surface area contributed by atoms with E-state index in [0.29, 0.717) is 19.5 Å². The summed E-state index contributed by atoms with van der Waals surface area (Å²) >= 11 is 1.68. The van der Waals surface area contributed by atoms with Crippen LogP contribution in [0.1, 0.15) is 51.7 Å². The largest absolute Gasteiger partial charge is 0.493 e. The maximum absolute atomic E-state index is 13.3. The third-order valence-electron chi connectivity index (χ3n) is 7.30. The number of piperidine rings is 1. The molecule has 1 aromatic carbocycles. The lowest BCUT2D eigenvalue weighted by Gasteiger charge is -2.53. The van der Waals surface area contributed by atoms with E-state index >= 15 is 0 Å². The van der Waals surface area contributed by atoms with Crippen LogP contribution in [0.15, 0.2) is 18.2 Å². The van der Waals surface area contributed by atoms with Crippen LogP contribution in [0.3, 0.4) is 0 Å². The van der Waals surface area contributed by atoms with Crippen LogP contribution in [-0.2, 0) is 14.3 Å². The van der Waals surface area contributed by atoms with E-state index in [1.807, 2.05) is 23.3 Å². The van der Waals surface area contributed by atoms with Crippen molar-refractivity contribution in [3.05, 3.63) is 23.8 Å². The number of rotatable bonds is 6. The van der Waals surface area contributed by atoms with E-state index in [9.17, 15) is 9.59 Å². The highest BCUT2D eigenvalue weighted by Crippen LogP contribution is 2.55. The van der Waals surface area contributed by atoms with Gasteiger partial charge in [-0.15, -0.1) is 0 Å². The van der Waals surface area contributed by atoms with Gasteiger partial charge in [-0.3, -0.25) is 9.59 Å². The SMILES string of the molecule is COc1cccc2c1OC(C)(C)[C@H]1C[C@@H]3CN(C(=O)[C@H](CCSC)NC(C)=O)CC[C@@H]3O[C@H]21. The molecule has 0 aliphatic carbocycles. The second-order valence-corrected chi connectivity index (χ2v) is 10.9. The molecule has 182 valence electrons. The molecule has 3 aliphatic rings. The van der Waals surface area contributed by atoms with Crippen molar-refractivity contribution >= 4 is 23.6 Å². The predicted molar refractivity (Wildman–Crippen MR) is 129 cm³/mol. The molecule has 8 heteroatoms. The topological polar surface area (TPSA) is 77.1 Å². The number of likely N-dealkylation sites (tertiary alicyclic amines) is 1. The molecule has 3 heterocycles. The summed E-state index contributed by atoms with van der Waals surface area (Å²) in [6.07, 6.45) is 4.45. The van der Waals surface area contributed by atoms with Gasteiger partial charge in [-0.2, -0.15) is 11.8 Å². The Morgan fingerprint density at radius 3 is 2.85 bits per heavy atom. The van der Waals surface area contributed by atoms with Gasteiger partial charge in [0.1, 0.15) is 11.6 Å². The maximum atomic E-state index is 13.3. The Bertz CT molecular complexity index is 892. The van der Waals surface area contributed by atoms with E-state index in [-0.39, 0.29) is 35.9 Å². The minimum Gasteiger partial charge on any atom is -0.493 e. The summed E-state index contributed by atoms with van der Waals surface area (Å²) in [5.74, 6) is 2.63. The number of thioether (sulfide) groups is 1. The highest BCUT2D eigenvalue weighted by Gasteiger charge is 2.52. The van der Waals surface area contributed by atoms with E-state index in [4.69, 9.17) is 14.2 Å². The molecule has 3 aliphatic heterocycles. The van der Waals surface area contributed by atoms with E-state index in [1.165, 1.54) is 6.92 Å². The quantitative estimate of drug-likeness (QED) is 0.678. The number of nitrogens with one attached hydrogen (secondary N) is 1. The zero-order valence-electron chi connectivity index (χ0n) is 20.3. The predicted octanol–water partition coefficient (Wildman–Crippen LogP) is 3.42. The molecule has 0 saturated carbocycles. The summed E-state index contributed by atoms with van der Waals surface area (Å²) < 4.78 is 18.7. The number of para-hydroxylation sites is 1. The van der Waals surface area contributed by atoms with Gasteiger partial charge in [0.15, 0.2) is 11.5 Å². The highest BCUT2D eigenvalue weighted by molar-refractivity contribution is 7.98. The number of methoxy groups -OCH3 is 1. The molecule has 2 fully saturated rings. The smallest absolute Gasteiger partial charge is 0.245 e. The fourth-order valence-corrected chi connectivity index (χ4v) is 6.08. The third kappa shape index (κ3) is 4.83. The van der Waals surface area contributed by atoms with E-state index in [1.54, 1.807) is 18.9 Å². The van der Waals surface area contributed by atoms with Crippen molar-refractivity contribution in [1.82, 2.24) is 10.2 Å². The second kappa shape index (κ2) is 9.74. The van der Waals surface area contributed by atoms with Crippen LogP contribution in [-0.4, -0.2) is 66.7 Å². The number of carbonyl (C=O) groups excluding carboxylic acids is 2. The lowest BCUT2D eigenvalue weighted by molar-refractivity contribution is -0.189. The van der Waals surface area contributed by atoms with Gasteiger partial charge in [0.05, 0.1) is 19.3 Å². The van der Waals surface area contributed by atoms with Gasteiger partial charge < -0.3 is 24.4 Å². The van der Waals surface area contributed by atoms with E-state index in [0.717, 1.165) is 35.7 Å². The van der Waals surface area contributed by atoms with Crippen molar-refractivity contribution in [2.45, 2.75) is 63.9 Å². The molecular formula is C25H36N2O5S. The zero-order chi connectivity index (χ0) is 23.8. The van der Waals surface area contributed by atoms with Gasteiger partial charge in [0, 0.05) is 37.4 Å². The lowest BCUT2D eigenvalue weighted by Crippen LogP contribution is -2.58. The summed E-state index contributed by atoms with van der Waals surface area (Å²) in [6, 6.07) is 5.53. The average Bonchev–Trinajstić information content (AvgIpc) is 2.79. The normalized spacial score (nSPS) is 28.5. The molecule has 5 atom stereocenters. The molecule has 0 bridgehead atoms. The molecule has 2 saturated heterocycles. The van der Waals surface area contributed by atoms with Crippen LogP contribution in [0.5, 0.6) is 11.5 Å². The first-order valence-electron chi connectivity index (χ1n) is 11.8. The Balaban J connectivity index is 1.51. The fraction of sp³-hybridized carbons (Fsp3) is 0.680. The minimum absolute atomic E-state index is 0.0223. The van der Waals surface area contributed by atoms with Crippen molar-refractivity contribution in [3.8, 4) is 11.5 Å². The first-order valence-corrected chi connectivity index (χ1v) is 13.2. The Labute approximate surface area is 200 Å². The van der Waals surface area contributed by atoms with Crippen LogP contribution < -0.4 is 14.8 Å². The van der Waals surface area contributed by atoms with E-state index < -0.39 is 11.6 Å². The summed E-state index contributed by atoms with van der Waals surface area (Å²) in [5, 5.41) is 2.86. The second-order valence-electron chi connectivity index (χ2n) is 9.89. The summed E-state index contributed by atoms with van der Waals surface area (Å²) in [4.78, 5) is 26.9. The monoisotopic (exact) mass is 476 g/mol. The number of nitrogens with zero attached hydrogens (tertiary/aromatic N) is 1. The standard InChI is InChI=1S/C25H36N2O5S/c1-15(28)26-19(10-12-33-5)24(29)27-11-9-20-16(14-27)13-18-22(31-20)17-7-6-8-21(30-4)23(17)32-25(18,2)3/h6-8,16,18-20,22H,9-14H2,1-5H3,(H,26,28)/t16-,18+,19+,20+,22-/m1/s1. The Hall–Kier alpha value is -1.93. The molecule has 1 N–H and O–H groups in total. The summed E-state index contributed by atoms with van der Waals surface area (Å²) in [5.41, 5.74) is 0.638. The van der Waals surface area contributed by atoms with Crippen molar-refractivity contribution in [2.75, 3.05) is 32.2 Å². The van der Waals surface area contributed by atoms with Crippen LogP contribution in [0.2, 0.25) is 0 Å². The first-order chi connectivity index (χ1) is 15.7. The molecule has 0 unspecified atom stereocenters. The maximum Gasteiger partial charge on any atom is 0.245 e. The van der Waals surface area contributed by atoms with Gasteiger partial charge in [0.25, 0.3) is 0 Å². The molecule has 4 rings (SSSR count). The van der Waals surface area contributed by atoms with Crippen molar-refractivity contribution < 1.29 is 23.8 Å². The van der Waals surface area contributed by atoms with Crippen LogP contribution >= 0.6 is 11.8 Å². The van der Waals surface area contributed by atoms with Crippen LogP contribution in [0.25, 0.3) is 0 Å². The molecule has 0 spiro atoms. The molecule has 33 heavy (non-hydrogen) atoms. The highest BCUT2D eigenvalue weighted by atomic mass is 32.2. The van der Waals surface area contributed by atoms with Gasteiger partial charge >= 0.3 is 0 Å². The first kappa shape index (κ1) is 24.2. The van der Waals surface area contributed by atoms with Crippen LogP contribution in [0, 0.1) is 11.8 Å². The van der Waals surface area contributed by atoms with Crippen molar-refractivity contribution in [1.29, 1.82) is 0 Å². The Kier molecular flexibility index (Phi) is 7.15. The summed E-state index contributed by atoms with van der Waals surface area (Å²) in [6.45, 7) is 7.01. The van der Waals surface area contributed by atoms with Gasteiger partial charge in [-0.1, -0.05) is 12.1 Å². The van der Waals surface area contributed by atoms with Crippen molar-refractivity contribution in [2.24, 2.45) is 11.8 Å². The molecule has 0 radical (unpaired) electrons. The molecular weight excluding hydrogens is 440 g/mol. The molecule has 7 nitrogen and oxygen atoms in total. The average molecular weight is 477 g/mol. The number of amides is 2. The number of fused-ring (bicyclic) bond motifs is 4. The molecule has 0 aromatic heterocycles. The zero-order valence-corrected chi connectivity index (χ0v) is 21.1. The molecule has 2 amide bonds. The number of benzene rings is 1. The van der Waals surface area contributed by atoms with Crippen molar-refractivity contribution in [3.63, 3.8) is 0 Å². The van der Waals surface area contributed by atoms with Gasteiger partial charge in [0.2, 0.25) is 11.8 Å². The number of hydrogen-bond donors (Lipinski definition) is 1. The Morgan fingerprint density at radius 1 is 1.36 bits per heavy atom. The van der Waals surface area contributed by atoms with E-state index in [2.05, 4.69) is 25.2 Å².